The highest BCUT2D eigenvalue weighted by atomic mass is 16.2. The van der Waals surface area contributed by atoms with E-state index in [0.717, 1.165) is 26.1 Å². The van der Waals surface area contributed by atoms with Crippen LogP contribution in [0.4, 0.5) is 0 Å². The normalized spacial score (nSPS) is 32.0. The molecule has 0 radical (unpaired) electrons. The fourth-order valence-electron chi connectivity index (χ4n) is 3.87. The van der Waals surface area contributed by atoms with E-state index in [4.69, 9.17) is 0 Å². The molecule has 3 heterocycles. The van der Waals surface area contributed by atoms with Crippen molar-refractivity contribution in [3.63, 3.8) is 0 Å². The van der Waals surface area contributed by atoms with Gasteiger partial charge in [-0.05, 0) is 51.1 Å². The molecule has 0 bridgehead atoms. The average Bonchev–Trinajstić information content (AvgIpc) is 3.09. The van der Waals surface area contributed by atoms with Gasteiger partial charge in [-0.15, -0.1) is 0 Å². The van der Waals surface area contributed by atoms with E-state index in [2.05, 4.69) is 10.2 Å². The Morgan fingerprint density at radius 3 is 2.80 bits per heavy atom. The molecule has 2 amide bonds. The molecule has 2 atom stereocenters. The van der Waals surface area contributed by atoms with Gasteiger partial charge in [0.2, 0.25) is 11.8 Å². The summed E-state index contributed by atoms with van der Waals surface area (Å²) in [6.45, 7) is 4.19. The minimum atomic E-state index is 0.00697. The first-order valence-corrected chi connectivity index (χ1v) is 8.03. The molecule has 5 nitrogen and oxygen atoms in total. The van der Waals surface area contributed by atoms with Crippen molar-refractivity contribution in [2.24, 2.45) is 5.92 Å². The molecule has 0 aromatic carbocycles. The van der Waals surface area contributed by atoms with Crippen LogP contribution in [0, 0.1) is 5.92 Å². The SMILES string of the molecule is O=C1CCCN1C(=O)CN1CCCC(C2CCCN2)C1. The molecule has 0 spiro atoms. The lowest BCUT2D eigenvalue weighted by atomic mass is 9.90. The summed E-state index contributed by atoms with van der Waals surface area (Å²) in [6.07, 6.45) is 6.37. The Balaban J connectivity index is 1.51. The lowest BCUT2D eigenvalue weighted by molar-refractivity contribution is -0.142. The number of rotatable bonds is 3. The average molecular weight is 279 g/mol. The predicted molar refractivity (Wildman–Crippen MR) is 76.1 cm³/mol. The maximum atomic E-state index is 12.2. The Morgan fingerprint density at radius 1 is 1.20 bits per heavy atom. The minimum absolute atomic E-state index is 0.00697. The Morgan fingerprint density at radius 2 is 2.10 bits per heavy atom. The Kier molecular flexibility index (Phi) is 4.36. The summed E-state index contributed by atoms with van der Waals surface area (Å²) in [5.74, 6) is 0.696. The first-order chi connectivity index (χ1) is 9.74. The number of piperidine rings is 1. The van der Waals surface area contributed by atoms with Crippen molar-refractivity contribution in [2.45, 2.75) is 44.6 Å². The maximum Gasteiger partial charge on any atom is 0.243 e. The molecule has 0 aromatic rings. The Bertz CT molecular complexity index is 379. The number of likely N-dealkylation sites (tertiary alicyclic amines) is 2. The van der Waals surface area contributed by atoms with Gasteiger partial charge in [0.25, 0.3) is 0 Å². The van der Waals surface area contributed by atoms with Crippen molar-refractivity contribution in [3.8, 4) is 0 Å². The van der Waals surface area contributed by atoms with Gasteiger partial charge in [0.15, 0.2) is 0 Å². The van der Waals surface area contributed by atoms with Crippen molar-refractivity contribution < 1.29 is 9.59 Å². The van der Waals surface area contributed by atoms with Gasteiger partial charge in [-0.25, -0.2) is 0 Å². The monoisotopic (exact) mass is 279 g/mol. The molecule has 3 saturated heterocycles. The molecule has 2 unspecified atom stereocenters. The van der Waals surface area contributed by atoms with Gasteiger partial charge in [0.05, 0.1) is 6.54 Å². The van der Waals surface area contributed by atoms with Crippen molar-refractivity contribution in [2.75, 3.05) is 32.7 Å². The van der Waals surface area contributed by atoms with E-state index in [1.807, 2.05) is 0 Å². The fourth-order valence-corrected chi connectivity index (χ4v) is 3.87. The van der Waals surface area contributed by atoms with Gasteiger partial charge in [0, 0.05) is 25.6 Å². The topological polar surface area (TPSA) is 52.7 Å². The highest BCUT2D eigenvalue weighted by Crippen LogP contribution is 2.24. The third-order valence-electron chi connectivity index (χ3n) is 4.94. The molecule has 3 aliphatic heterocycles. The Labute approximate surface area is 120 Å². The molecule has 112 valence electrons. The summed E-state index contributed by atoms with van der Waals surface area (Å²) in [7, 11) is 0. The van der Waals surface area contributed by atoms with Gasteiger partial charge >= 0.3 is 0 Å². The molecule has 1 N–H and O–H groups in total. The van der Waals surface area contributed by atoms with Crippen LogP contribution >= 0.6 is 0 Å². The molecule has 5 heteroatoms. The highest BCUT2D eigenvalue weighted by molar-refractivity contribution is 5.97. The van der Waals surface area contributed by atoms with E-state index in [9.17, 15) is 9.59 Å². The van der Waals surface area contributed by atoms with Gasteiger partial charge in [-0.2, -0.15) is 0 Å². The van der Waals surface area contributed by atoms with Crippen LogP contribution in [0.25, 0.3) is 0 Å². The predicted octanol–water partition coefficient (Wildman–Crippen LogP) is 0.599. The summed E-state index contributed by atoms with van der Waals surface area (Å²) in [4.78, 5) is 27.5. The number of carbonyl (C=O) groups is 2. The largest absolute Gasteiger partial charge is 0.314 e. The van der Waals surface area contributed by atoms with Crippen LogP contribution in [-0.2, 0) is 9.59 Å². The van der Waals surface area contributed by atoms with Crippen LogP contribution in [0.1, 0.15) is 38.5 Å². The van der Waals surface area contributed by atoms with Gasteiger partial charge < -0.3 is 5.32 Å². The van der Waals surface area contributed by atoms with Crippen molar-refractivity contribution in [3.05, 3.63) is 0 Å². The molecule has 3 fully saturated rings. The van der Waals surface area contributed by atoms with Gasteiger partial charge in [-0.1, -0.05) is 0 Å². The van der Waals surface area contributed by atoms with Gasteiger partial charge in [0.1, 0.15) is 0 Å². The summed E-state index contributed by atoms with van der Waals surface area (Å²) in [5.41, 5.74) is 0. The fraction of sp³-hybridized carbons (Fsp3) is 0.867. The number of hydrogen-bond acceptors (Lipinski definition) is 4. The summed E-state index contributed by atoms with van der Waals surface area (Å²) < 4.78 is 0. The van der Waals surface area contributed by atoms with Crippen LogP contribution in [0.15, 0.2) is 0 Å². The molecule has 3 aliphatic rings. The quantitative estimate of drug-likeness (QED) is 0.822. The first-order valence-electron chi connectivity index (χ1n) is 8.03. The first kappa shape index (κ1) is 14.0. The van der Waals surface area contributed by atoms with Crippen molar-refractivity contribution >= 4 is 11.8 Å². The molecular formula is C15H25N3O2. The van der Waals surface area contributed by atoms with Crippen molar-refractivity contribution in [1.29, 1.82) is 0 Å². The third kappa shape index (κ3) is 3.04. The van der Waals surface area contributed by atoms with E-state index in [1.165, 1.54) is 30.6 Å². The second-order valence-electron chi connectivity index (χ2n) is 6.38. The number of nitrogens with zero attached hydrogens (tertiary/aromatic N) is 2. The van der Waals surface area contributed by atoms with Crippen LogP contribution in [0.2, 0.25) is 0 Å². The lowest BCUT2D eigenvalue weighted by Crippen LogP contribution is -2.47. The van der Waals surface area contributed by atoms with Crippen LogP contribution in [0.3, 0.4) is 0 Å². The number of carbonyl (C=O) groups excluding carboxylic acids is 2. The molecule has 3 rings (SSSR count). The van der Waals surface area contributed by atoms with Crippen LogP contribution < -0.4 is 5.32 Å². The molecule has 0 saturated carbocycles. The highest BCUT2D eigenvalue weighted by Gasteiger charge is 2.32. The standard InChI is InChI=1S/C15H25N3O2/c19-14-6-3-9-18(14)15(20)11-17-8-2-4-12(10-17)13-5-1-7-16-13/h12-13,16H,1-11H2. The molecule has 20 heavy (non-hydrogen) atoms. The zero-order valence-electron chi connectivity index (χ0n) is 12.1. The number of hydrogen-bond donors (Lipinski definition) is 1. The number of imide groups is 1. The molecule has 0 aliphatic carbocycles. The van der Waals surface area contributed by atoms with Crippen LogP contribution in [0.5, 0.6) is 0 Å². The van der Waals surface area contributed by atoms with E-state index in [-0.39, 0.29) is 11.8 Å². The summed E-state index contributed by atoms with van der Waals surface area (Å²) >= 11 is 0. The maximum absolute atomic E-state index is 12.2. The van der Waals surface area contributed by atoms with Crippen molar-refractivity contribution in [1.82, 2.24) is 15.1 Å². The van der Waals surface area contributed by atoms with Crippen LogP contribution in [-0.4, -0.2) is 60.4 Å². The summed E-state index contributed by atoms with van der Waals surface area (Å²) in [5, 5.41) is 3.59. The molecular weight excluding hydrogens is 254 g/mol. The number of nitrogens with one attached hydrogen (secondary N) is 1. The van der Waals surface area contributed by atoms with Gasteiger partial charge in [-0.3, -0.25) is 19.4 Å². The summed E-state index contributed by atoms with van der Waals surface area (Å²) in [6, 6.07) is 0.640. The third-order valence-corrected chi connectivity index (χ3v) is 4.94. The Hall–Kier alpha value is -0.940. The second kappa shape index (κ2) is 6.22. The second-order valence-corrected chi connectivity index (χ2v) is 6.38. The van der Waals surface area contributed by atoms with E-state index in [1.54, 1.807) is 0 Å². The smallest absolute Gasteiger partial charge is 0.243 e. The van der Waals surface area contributed by atoms with E-state index in [0.29, 0.717) is 31.5 Å². The van der Waals surface area contributed by atoms with E-state index >= 15 is 0 Å². The zero-order chi connectivity index (χ0) is 13.9. The molecule has 0 aromatic heterocycles. The minimum Gasteiger partial charge on any atom is -0.314 e. The number of amides is 2. The lowest BCUT2D eigenvalue weighted by Gasteiger charge is -2.35. The van der Waals surface area contributed by atoms with E-state index < -0.39 is 0 Å². The zero-order valence-corrected chi connectivity index (χ0v) is 12.1.